The Morgan fingerprint density at radius 2 is 2.24 bits per heavy atom. The van der Waals surface area contributed by atoms with Crippen LogP contribution in [0.2, 0.25) is 10.0 Å². The maximum Gasteiger partial charge on any atom is 0.290 e. The summed E-state index contributed by atoms with van der Waals surface area (Å²) in [6.45, 7) is 1.20. The first kappa shape index (κ1) is 16.0. The number of hydrogen-bond acceptors (Lipinski definition) is 4. The van der Waals surface area contributed by atoms with Crippen LogP contribution in [0.3, 0.4) is 0 Å². The van der Waals surface area contributed by atoms with E-state index in [1.807, 2.05) is 0 Å². The Labute approximate surface area is 131 Å². The Morgan fingerprint density at radius 1 is 1.48 bits per heavy atom. The summed E-state index contributed by atoms with van der Waals surface area (Å²) in [6, 6.07) is 2.44. The minimum Gasteiger partial charge on any atom is -0.378 e. The first-order valence-electron chi connectivity index (χ1n) is 6.52. The fraction of sp³-hybridized carbons (Fsp3) is 0.462. The van der Waals surface area contributed by atoms with Crippen LogP contribution in [0.25, 0.3) is 0 Å². The van der Waals surface area contributed by atoms with Crippen molar-refractivity contribution >= 4 is 34.8 Å². The number of ether oxygens (including phenoxy) is 1. The number of amides is 1. The molecule has 0 aliphatic carbocycles. The molecule has 0 saturated carbocycles. The molecule has 1 aromatic rings. The molecule has 21 heavy (non-hydrogen) atoms. The highest BCUT2D eigenvalue weighted by molar-refractivity contribution is 6.43. The maximum absolute atomic E-state index is 12.0. The number of carbonyl (C=O) groups is 1. The predicted molar refractivity (Wildman–Crippen MR) is 79.0 cm³/mol. The van der Waals surface area contributed by atoms with Crippen molar-refractivity contribution < 1.29 is 14.5 Å². The summed E-state index contributed by atoms with van der Waals surface area (Å²) in [5.74, 6) is -0.422. The van der Waals surface area contributed by atoms with Gasteiger partial charge in [-0.3, -0.25) is 14.9 Å². The van der Waals surface area contributed by atoms with Crippen molar-refractivity contribution in [1.29, 1.82) is 0 Å². The monoisotopic (exact) mass is 332 g/mol. The SMILES string of the molecule is O=C(NCCC1CCCO1)c1cc(Cl)c(Cl)c([N+](=O)[O-])c1. The summed E-state index contributed by atoms with van der Waals surface area (Å²) in [7, 11) is 0. The van der Waals surface area contributed by atoms with E-state index in [2.05, 4.69) is 5.32 Å². The fourth-order valence-corrected chi connectivity index (χ4v) is 2.55. The summed E-state index contributed by atoms with van der Waals surface area (Å²) in [5, 5.41) is 13.4. The van der Waals surface area contributed by atoms with Crippen LogP contribution in [0, 0.1) is 10.1 Å². The molecule has 1 aromatic carbocycles. The molecule has 0 spiro atoms. The van der Waals surface area contributed by atoms with E-state index in [-0.39, 0.29) is 27.4 Å². The minimum absolute atomic E-state index is 0.0184. The van der Waals surface area contributed by atoms with Crippen molar-refractivity contribution in [1.82, 2.24) is 5.32 Å². The lowest BCUT2D eigenvalue weighted by Gasteiger charge is -2.10. The van der Waals surface area contributed by atoms with Gasteiger partial charge in [-0.1, -0.05) is 23.2 Å². The van der Waals surface area contributed by atoms with Gasteiger partial charge in [0.1, 0.15) is 5.02 Å². The average Bonchev–Trinajstić information content (AvgIpc) is 2.94. The number of nitrogens with one attached hydrogen (secondary N) is 1. The number of nitro groups is 1. The fourth-order valence-electron chi connectivity index (χ4n) is 2.16. The van der Waals surface area contributed by atoms with Crippen LogP contribution in [0.4, 0.5) is 5.69 Å². The molecule has 0 radical (unpaired) electrons. The smallest absolute Gasteiger partial charge is 0.290 e. The second-order valence-electron chi connectivity index (χ2n) is 4.73. The van der Waals surface area contributed by atoms with Gasteiger partial charge in [-0.25, -0.2) is 0 Å². The molecule has 6 nitrogen and oxygen atoms in total. The first-order chi connectivity index (χ1) is 9.99. The van der Waals surface area contributed by atoms with Gasteiger partial charge in [-0.15, -0.1) is 0 Å². The van der Waals surface area contributed by atoms with Crippen molar-refractivity contribution in [3.05, 3.63) is 37.9 Å². The summed E-state index contributed by atoms with van der Waals surface area (Å²) >= 11 is 11.5. The van der Waals surface area contributed by atoms with E-state index in [0.717, 1.165) is 31.9 Å². The summed E-state index contributed by atoms with van der Waals surface area (Å²) in [6.07, 6.45) is 2.93. The third kappa shape index (κ3) is 4.06. The summed E-state index contributed by atoms with van der Waals surface area (Å²) in [4.78, 5) is 22.2. The molecule has 1 fully saturated rings. The van der Waals surface area contributed by atoms with E-state index in [1.54, 1.807) is 0 Å². The number of rotatable bonds is 5. The second kappa shape index (κ2) is 7.06. The van der Waals surface area contributed by atoms with Gasteiger partial charge in [0.2, 0.25) is 0 Å². The zero-order valence-electron chi connectivity index (χ0n) is 11.1. The zero-order valence-corrected chi connectivity index (χ0v) is 12.6. The second-order valence-corrected chi connectivity index (χ2v) is 5.51. The highest BCUT2D eigenvalue weighted by atomic mass is 35.5. The summed E-state index contributed by atoms with van der Waals surface area (Å²) < 4.78 is 5.45. The van der Waals surface area contributed by atoms with Gasteiger partial charge in [0.25, 0.3) is 11.6 Å². The molecule has 1 amide bonds. The van der Waals surface area contributed by atoms with Gasteiger partial charge in [0, 0.05) is 24.8 Å². The molecule has 1 heterocycles. The van der Waals surface area contributed by atoms with E-state index in [9.17, 15) is 14.9 Å². The summed E-state index contributed by atoms with van der Waals surface area (Å²) in [5.41, 5.74) is -0.267. The lowest BCUT2D eigenvalue weighted by Crippen LogP contribution is -2.27. The van der Waals surface area contributed by atoms with Gasteiger partial charge >= 0.3 is 0 Å². The third-order valence-corrected chi connectivity index (χ3v) is 4.04. The van der Waals surface area contributed by atoms with Crippen molar-refractivity contribution in [2.24, 2.45) is 0 Å². The zero-order chi connectivity index (χ0) is 15.4. The molecule has 1 unspecified atom stereocenters. The molecule has 0 aromatic heterocycles. The molecule has 0 bridgehead atoms. The molecule has 1 N–H and O–H groups in total. The molecule has 1 aliphatic rings. The third-order valence-electron chi connectivity index (χ3n) is 3.24. The van der Waals surface area contributed by atoms with Crippen LogP contribution in [0.15, 0.2) is 12.1 Å². The average molecular weight is 333 g/mol. The Hall–Kier alpha value is -1.37. The van der Waals surface area contributed by atoms with Gasteiger partial charge in [0.15, 0.2) is 0 Å². The number of carbonyl (C=O) groups excluding carboxylic acids is 1. The molecule has 1 saturated heterocycles. The van der Waals surface area contributed by atoms with Gasteiger partial charge in [-0.2, -0.15) is 0 Å². The normalized spacial score (nSPS) is 17.7. The molecule has 2 rings (SSSR count). The quantitative estimate of drug-likeness (QED) is 0.663. The number of nitro benzene ring substituents is 1. The Morgan fingerprint density at radius 3 is 2.86 bits per heavy atom. The van der Waals surface area contributed by atoms with Gasteiger partial charge in [-0.05, 0) is 25.3 Å². The minimum atomic E-state index is -0.669. The number of halogens is 2. The van der Waals surface area contributed by atoms with Crippen LogP contribution in [0.1, 0.15) is 29.6 Å². The van der Waals surface area contributed by atoms with E-state index in [4.69, 9.17) is 27.9 Å². The number of benzene rings is 1. The van der Waals surface area contributed by atoms with Gasteiger partial charge < -0.3 is 10.1 Å². The lowest BCUT2D eigenvalue weighted by molar-refractivity contribution is -0.384. The standard InChI is InChI=1S/C13H14Cl2N2O4/c14-10-6-8(7-11(12(10)15)17(19)20)13(18)16-4-3-9-2-1-5-21-9/h6-7,9H,1-5H2,(H,16,18). The molecule has 8 heteroatoms. The molecule has 1 aliphatic heterocycles. The largest absolute Gasteiger partial charge is 0.378 e. The Bertz CT molecular complexity index is 559. The van der Waals surface area contributed by atoms with Crippen molar-refractivity contribution in [2.45, 2.75) is 25.4 Å². The number of nitrogens with zero attached hydrogens (tertiary/aromatic N) is 1. The Kier molecular flexibility index (Phi) is 5.39. The topological polar surface area (TPSA) is 81.5 Å². The molecular formula is C13H14Cl2N2O4. The van der Waals surface area contributed by atoms with Crippen LogP contribution in [-0.2, 0) is 4.74 Å². The van der Waals surface area contributed by atoms with Crippen molar-refractivity contribution in [2.75, 3.05) is 13.2 Å². The molecule has 1 atom stereocenters. The van der Waals surface area contributed by atoms with E-state index in [0.29, 0.717) is 6.54 Å². The predicted octanol–water partition coefficient (Wildman–Crippen LogP) is 3.20. The maximum atomic E-state index is 12.0. The van der Waals surface area contributed by atoms with Crippen LogP contribution in [-0.4, -0.2) is 30.1 Å². The van der Waals surface area contributed by atoms with Crippen LogP contribution >= 0.6 is 23.2 Å². The molecule has 114 valence electrons. The molecular weight excluding hydrogens is 319 g/mol. The van der Waals surface area contributed by atoms with Crippen LogP contribution in [0.5, 0.6) is 0 Å². The Balaban J connectivity index is 1.99. The van der Waals surface area contributed by atoms with E-state index >= 15 is 0 Å². The lowest BCUT2D eigenvalue weighted by atomic mass is 10.1. The number of hydrogen-bond donors (Lipinski definition) is 1. The van der Waals surface area contributed by atoms with E-state index in [1.165, 1.54) is 6.07 Å². The van der Waals surface area contributed by atoms with E-state index < -0.39 is 10.8 Å². The highest BCUT2D eigenvalue weighted by Gasteiger charge is 2.20. The van der Waals surface area contributed by atoms with Gasteiger partial charge in [0.05, 0.1) is 16.0 Å². The van der Waals surface area contributed by atoms with Crippen LogP contribution < -0.4 is 5.32 Å². The van der Waals surface area contributed by atoms with Crippen molar-refractivity contribution in [3.63, 3.8) is 0 Å². The highest BCUT2D eigenvalue weighted by Crippen LogP contribution is 2.33. The van der Waals surface area contributed by atoms with Crippen molar-refractivity contribution in [3.8, 4) is 0 Å². The first-order valence-corrected chi connectivity index (χ1v) is 7.28.